The number of nitrogens with one attached hydrogen (secondary N) is 2. The summed E-state index contributed by atoms with van der Waals surface area (Å²) in [5.41, 5.74) is 1.88. The van der Waals surface area contributed by atoms with Gasteiger partial charge in [-0.15, -0.1) is 0 Å². The molecule has 2 N–H and O–H groups in total. The number of methoxy groups -OCH3 is 1. The highest BCUT2D eigenvalue weighted by molar-refractivity contribution is 8.26. The van der Waals surface area contributed by atoms with Crippen molar-refractivity contribution in [3.8, 4) is 5.75 Å². The summed E-state index contributed by atoms with van der Waals surface area (Å²) in [4.78, 5) is 28.9. The van der Waals surface area contributed by atoms with E-state index in [1.165, 1.54) is 11.8 Å². The van der Waals surface area contributed by atoms with Crippen LogP contribution in [0.15, 0.2) is 52.0 Å². The molecule has 0 saturated carbocycles. The second kappa shape index (κ2) is 8.06. The number of hydrogen-bond donors (Lipinski definition) is 2. The summed E-state index contributed by atoms with van der Waals surface area (Å²) in [5.74, 6) is 0.755. The van der Waals surface area contributed by atoms with E-state index in [9.17, 15) is 9.59 Å². The Morgan fingerprint density at radius 3 is 2.83 bits per heavy atom. The summed E-state index contributed by atoms with van der Waals surface area (Å²) in [6.45, 7) is 0. The fraction of sp³-hybridized carbons (Fsp3) is 0.100. The van der Waals surface area contributed by atoms with Gasteiger partial charge in [0.2, 0.25) is 5.91 Å². The molecule has 1 aliphatic heterocycles. The van der Waals surface area contributed by atoms with Gasteiger partial charge in [-0.3, -0.25) is 14.6 Å². The molecular weight excluding hydrogens is 410 g/mol. The number of amides is 2. The zero-order valence-corrected chi connectivity index (χ0v) is 16.9. The van der Waals surface area contributed by atoms with Crippen LogP contribution in [0.4, 0.5) is 5.69 Å². The lowest BCUT2D eigenvalue weighted by Crippen LogP contribution is -2.17. The van der Waals surface area contributed by atoms with Crippen molar-refractivity contribution in [2.24, 2.45) is 0 Å². The number of anilines is 1. The zero-order chi connectivity index (χ0) is 20.4. The van der Waals surface area contributed by atoms with Crippen molar-refractivity contribution in [3.63, 3.8) is 0 Å². The lowest BCUT2D eigenvalue weighted by atomic mass is 10.1. The highest BCUT2D eigenvalue weighted by Gasteiger charge is 2.23. The van der Waals surface area contributed by atoms with Crippen LogP contribution in [0, 0.1) is 0 Å². The van der Waals surface area contributed by atoms with Crippen LogP contribution in [-0.2, 0) is 16.0 Å². The van der Waals surface area contributed by atoms with Gasteiger partial charge in [0, 0.05) is 35.1 Å². The second-order valence-corrected chi connectivity index (χ2v) is 7.89. The molecule has 3 aromatic rings. The Morgan fingerprint density at radius 1 is 1.34 bits per heavy atom. The number of pyridine rings is 1. The molecule has 1 saturated heterocycles. The summed E-state index contributed by atoms with van der Waals surface area (Å²) in [7, 11) is 1.58. The van der Waals surface area contributed by atoms with Gasteiger partial charge < -0.3 is 19.8 Å². The smallest absolute Gasteiger partial charge is 0.263 e. The van der Waals surface area contributed by atoms with Crippen molar-refractivity contribution in [2.45, 2.75) is 6.42 Å². The predicted octanol–water partition coefficient (Wildman–Crippen LogP) is 3.51. The molecule has 0 bridgehead atoms. The minimum absolute atomic E-state index is 0.0964. The minimum Gasteiger partial charge on any atom is -0.497 e. The van der Waals surface area contributed by atoms with Crippen LogP contribution in [0.5, 0.6) is 5.75 Å². The van der Waals surface area contributed by atoms with Crippen LogP contribution in [0.25, 0.3) is 17.0 Å². The molecule has 2 amide bonds. The molecule has 29 heavy (non-hydrogen) atoms. The highest BCUT2D eigenvalue weighted by atomic mass is 32.2. The number of nitrogens with zero attached hydrogens (tertiary/aromatic N) is 1. The van der Waals surface area contributed by atoms with E-state index < -0.39 is 0 Å². The Labute approximate surface area is 175 Å². The van der Waals surface area contributed by atoms with Gasteiger partial charge in [0.1, 0.15) is 21.4 Å². The third kappa shape index (κ3) is 4.30. The molecule has 4 rings (SSSR count). The molecule has 0 radical (unpaired) electrons. The number of thiocarbonyl (C=S) groups is 1. The SMILES string of the molecule is COc1ccc(NC(=O)Cc2cncc3cc(/C=C4\SC(=S)NC4=O)oc23)cc1. The maximum absolute atomic E-state index is 12.5. The Balaban J connectivity index is 1.53. The number of rotatable bonds is 5. The van der Waals surface area contributed by atoms with Crippen LogP contribution in [0.3, 0.4) is 0 Å². The lowest BCUT2D eigenvalue weighted by Gasteiger charge is -2.06. The topological polar surface area (TPSA) is 93.5 Å². The Kier molecular flexibility index (Phi) is 5.32. The van der Waals surface area contributed by atoms with E-state index in [1.54, 1.807) is 55.9 Å². The maximum atomic E-state index is 12.5. The molecule has 0 atom stereocenters. The largest absolute Gasteiger partial charge is 0.497 e. The molecule has 0 unspecified atom stereocenters. The molecule has 3 heterocycles. The summed E-state index contributed by atoms with van der Waals surface area (Å²) >= 11 is 6.17. The van der Waals surface area contributed by atoms with Crippen LogP contribution < -0.4 is 15.4 Å². The van der Waals surface area contributed by atoms with E-state index in [0.29, 0.717) is 37.6 Å². The van der Waals surface area contributed by atoms with Gasteiger partial charge in [-0.1, -0.05) is 24.0 Å². The summed E-state index contributed by atoms with van der Waals surface area (Å²) < 4.78 is 11.4. The lowest BCUT2D eigenvalue weighted by molar-refractivity contribution is -0.116. The van der Waals surface area contributed by atoms with Crippen LogP contribution in [0.2, 0.25) is 0 Å². The van der Waals surface area contributed by atoms with Crippen LogP contribution in [-0.4, -0.2) is 28.2 Å². The van der Waals surface area contributed by atoms with Crippen molar-refractivity contribution < 1.29 is 18.7 Å². The maximum Gasteiger partial charge on any atom is 0.263 e. The van der Waals surface area contributed by atoms with Crippen molar-refractivity contribution >= 4 is 62.8 Å². The van der Waals surface area contributed by atoms with Crippen molar-refractivity contribution in [1.82, 2.24) is 10.3 Å². The zero-order valence-electron chi connectivity index (χ0n) is 15.2. The summed E-state index contributed by atoms with van der Waals surface area (Å²) in [6.07, 6.45) is 4.97. The predicted molar refractivity (Wildman–Crippen MR) is 116 cm³/mol. The van der Waals surface area contributed by atoms with E-state index in [0.717, 1.165) is 5.39 Å². The van der Waals surface area contributed by atoms with Gasteiger partial charge in [0.15, 0.2) is 0 Å². The van der Waals surface area contributed by atoms with Gasteiger partial charge >= 0.3 is 0 Å². The molecule has 0 spiro atoms. The standard InChI is InChI=1S/C20H15N3O4S2/c1-26-14-4-2-13(3-5-14)22-17(24)7-12-10-21-9-11-6-15(27-18(11)12)8-16-19(25)23-20(28)29-16/h2-6,8-10H,7H2,1H3,(H,22,24)(H,23,25,28)/b16-8-. The van der Waals surface area contributed by atoms with Gasteiger partial charge in [-0.05, 0) is 30.3 Å². The molecule has 7 nitrogen and oxygen atoms in total. The number of aromatic nitrogens is 1. The molecule has 0 aliphatic carbocycles. The Morgan fingerprint density at radius 2 is 2.14 bits per heavy atom. The fourth-order valence-electron chi connectivity index (χ4n) is 2.84. The first-order chi connectivity index (χ1) is 14.0. The summed E-state index contributed by atoms with van der Waals surface area (Å²) in [5, 5.41) is 6.14. The van der Waals surface area contributed by atoms with E-state index in [-0.39, 0.29) is 18.2 Å². The first kappa shape index (κ1) is 19.2. The number of thioether (sulfide) groups is 1. The minimum atomic E-state index is -0.252. The number of furan rings is 1. The first-order valence-electron chi connectivity index (χ1n) is 8.57. The van der Waals surface area contributed by atoms with Crippen molar-refractivity contribution in [3.05, 3.63) is 59.0 Å². The van der Waals surface area contributed by atoms with Crippen molar-refractivity contribution in [2.75, 3.05) is 12.4 Å². The number of hydrogen-bond acceptors (Lipinski definition) is 7. The molecule has 9 heteroatoms. The average Bonchev–Trinajstić information content (AvgIpc) is 3.25. The van der Waals surface area contributed by atoms with E-state index >= 15 is 0 Å². The number of carbonyl (C=O) groups excluding carboxylic acids is 2. The molecule has 1 fully saturated rings. The quantitative estimate of drug-likeness (QED) is 0.477. The average molecular weight is 425 g/mol. The molecule has 1 aliphatic rings. The van der Waals surface area contributed by atoms with Crippen molar-refractivity contribution in [1.29, 1.82) is 0 Å². The van der Waals surface area contributed by atoms with E-state index in [4.69, 9.17) is 21.4 Å². The molecule has 2 aromatic heterocycles. The summed E-state index contributed by atoms with van der Waals surface area (Å²) in [6, 6.07) is 8.85. The Hall–Kier alpha value is -3.17. The number of carbonyl (C=O) groups is 2. The normalized spacial score (nSPS) is 15.0. The monoisotopic (exact) mass is 425 g/mol. The number of ether oxygens (including phenoxy) is 1. The Bertz CT molecular complexity index is 1150. The van der Waals surface area contributed by atoms with Crippen LogP contribution in [0.1, 0.15) is 11.3 Å². The molecule has 1 aromatic carbocycles. The van der Waals surface area contributed by atoms with Crippen LogP contribution >= 0.6 is 24.0 Å². The highest BCUT2D eigenvalue weighted by Crippen LogP contribution is 2.29. The third-order valence-corrected chi connectivity index (χ3v) is 5.32. The number of fused-ring (bicyclic) bond motifs is 1. The van der Waals surface area contributed by atoms with Gasteiger partial charge in [0.05, 0.1) is 18.4 Å². The van der Waals surface area contributed by atoms with E-state index in [2.05, 4.69) is 15.6 Å². The van der Waals surface area contributed by atoms with Gasteiger partial charge in [-0.2, -0.15) is 0 Å². The first-order valence-corrected chi connectivity index (χ1v) is 9.79. The third-order valence-electron chi connectivity index (χ3n) is 4.16. The second-order valence-electron chi connectivity index (χ2n) is 6.17. The fourth-order valence-corrected chi connectivity index (χ4v) is 3.86. The van der Waals surface area contributed by atoms with Gasteiger partial charge in [0.25, 0.3) is 5.91 Å². The molecule has 146 valence electrons. The van der Waals surface area contributed by atoms with Gasteiger partial charge in [-0.25, -0.2) is 0 Å². The number of benzene rings is 1. The molecular formula is C20H15N3O4S2. The van der Waals surface area contributed by atoms with E-state index in [1.807, 2.05) is 0 Å².